The van der Waals surface area contributed by atoms with E-state index in [0.29, 0.717) is 36.4 Å². The predicted molar refractivity (Wildman–Crippen MR) is 110 cm³/mol. The molecule has 3 aromatic rings. The average Bonchev–Trinajstić information content (AvgIpc) is 2.71. The number of rotatable bonds is 6. The number of likely N-dealkylation sites (tertiary alicyclic amines) is 1. The van der Waals surface area contributed by atoms with E-state index >= 15 is 0 Å². The van der Waals surface area contributed by atoms with E-state index in [1.165, 1.54) is 6.08 Å². The minimum Gasteiger partial charge on any atom is -0.362 e. The number of aryl methyl sites for hydroxylation is 1. The molecule has 1 aliphatic rings. The van der Waals surface area contributed by atoms with Gasteiger partial charge in [0.15, 0.2) is 0 Å². The van der Waals surface area contributed by atoms with Crippen LogP contribution >= 0.6 is 0 Å². The molecule has 1 saturated heterocycles. The number of carbonyl (C=O) groups is 1. The van der Waals surface area contributed by atoms with Crippen molar-refractivity contribution in [1.82, 2.24) is 29.8 Å². The van der Waals surface area contributed by atoms with Crippen molar-refractivity contribution >= 4 is 23.5 Å². The Labute approximate surface area is 168 Å². The Morgan fingerprint density at radius 1 is 1.14 bits per heavy atom. The fourth-order valence-corrected chi connectivity index (χ4v) is 2.91. The Morgan fingerprint density at radius 3 is 2.66 bits per heavy atom. The van der Waals surface area contributed by atoms with Gasteiger partial charge in [-0.15, -0.1) is 0 Å². The van der Waals surface area contributed by atoms with Crippen molar-refractivity contribution in [2.75, 3.05) is 23.7 Å². The van der Waals surface area contributed by atoms with E-state index in [1.54, 1.807) is 29.7 Å². The molecule has 3 aromatic heterocycles. The largest absolute Gasteiger partial charge is 0.362 e. The lowest BCUT2D eigenvalue weighted by molar-refractivity contribution is -0.129. The van der Waals surface area contributed by atoms with E-state index in [4.69, 9.17) is 0 Å². The van der Waals surface area contributed by atoms with Crippen molar-refractivity contribution in [3.8, 4) is 11.3 Å². The van der Waals surface area contributed by atoms with E-state index in [0.717, 1.165) is 11.3 Å². The van der Waals surface area contributed by atoms with Gasteiger partial charge < -0.3 is 15.5 Å². The molecule has 4 heterocycles. The summed E-state index contributed by atoms with van der Waals surface area (Å²) in [6.07, 6.45) is 8.01. The van der Waals surface area contributed by atoms with Gasteiger partial charge in [-0.2, -0.15) is 0 Å². The van der Waals surface area contributed by atoms with Gasteiger partial charge in [0.1, 0.15) is 11.6 Å². The lowest BCUT2D eigenvalue weighted by Crippen LogP contribution is -2.56. The summed E-state index contributed by atoms with van der Waals surface area (Å²) in [7, 11) is 0. The van der Waals surface area contributed by atoms with E-state index in [9.17, 15) is 4.79 Å². The average molecular weight is 388 g/mol. The van der Waals surface area contributed by atoms with Crippen LogP contribution in [-0.2, 0) is 4.79 Å². The molecule has 0 atom stereocenters. The monoisotopic (exact) mass is 388 g/mol. The molecule has 0 aromatic carbocycles. The van der Waals surface area contributed by atoms with Gasteiger partial charge in [0.25, 0.3) is 0 Å². The highest BCUT2D eigenvalue weighted by molar-refractivity contribution is 5.87. The van der Waals surface area contributed by atoms with Crippen LogP contribution in [0.5, 0.6) is 0 Å². The molecule has 2 N–H and O–H groups in total. The molecule has 9 nitrogen and oxygen atoms in total. The highest BCUT2D eigenvalue weighted by atomic mass is 16.2. The Bertz CT molecular complexity index is 1030. The smallest absolute Gasteiger partial charge is 0.246 e. The molecule has 0 radical (unpaired) electrons. The first-order valence-electron chi connectivity index (χ1n) is 9.14. The summed E-state index contributed by atoms with van der Waals surface area (Å²) in [6, 6.07) is 5.84. The zero-order valence-electron chi connectivity index (χ0n) is 15.9. The Morgan fingerprint density at radius 2 is 1.93 bits per heavy atom. The second kappa shape index (κ2) is 8.01. The molecular weight excluding hydrogens is 368 g/mol. The molecular formula is C20H20N8O. The molecule has 0 aliphatic carbocycles. The summed E-state index contributed by atoms with van der Waals surface area (Å²) in [5.74, 6) is 1.72. The van der Waals surface area contributed by atoms with Crippen LogP contribution in [0.4, 0.5) is 17.6 Å². The number of aromatic nitrogens is 5. The summed E-state index contributed by atoms with van der Waals surface area (Å²) < 4.78 is 0. The molecule has 29 heavy (non-hydrogen) atoms. The molecule has 0 saturated carbocycles. The van der Waals surface area contributed by atoms with Crippen LogP contribution in [0.1, 0.15) is 5.69 Å². The Balaban J connectivity index is 1.40. The second-order valence-electron chi connectivity index (χ2n) is 6.66. The number of carbonyl (C=O) groups excluding carboxylic acids is 1. The lowest BCUT2D eigenvalue weighted by atomic mass is 10.1. The van der Waals surface area contributed by atoms with Crippen LogP contribution in [0.25, 0.3) is 11.3 Å². The number of amides is 1. The molecule has 4 rings (SSSR count). The van der Waals surface area contributed by atoms with Crippen molar-refractivity contribution < 1.29 is 4.79 Å². The maximum atomic E-state index is 11.5. The quantitative estimate of drug-likeness (QED) is 0.619. The van der Waals surface area contributed by atoms with Crippen LogP contribution in [-0.4, -0.2) is 54.9 Å². The first-order valence-corrected chi connectivity index (χ1v) is 9.14. The number of nitrogens with one attached hydrogen (secondary N) is 2. The SMILES string of the molecule is C=CC(=O)N1CC(Nc2cncc(-c3cnc(Nc4cccc(C)n4)nc3)n2)C1. The topological polar surface area (TPSA) is 109 Å². The number of hydrogen-bond donors (Lipinski definition) is 2. The third kappa shape index (κ3) is 4.34. The van der Waals surface area contributed by atoms with Crippen molar-refractivity contribution in [2.45, 2.75) is 13.0 Å². The highest BCUT2D eigenvalue weighted by Gasteiger charge is 2.29. The maximum absolute atomic E-state index is 11.5. The third-order valence-electron chi connectivity index (χ3n) is 4.43. The standard InChI is InChI=1S/C20H20N8O/c1-3-19(29)28-11-15(12-28)25-18-10-21-9-16(26-18)14-7-22-20(23-8-14)27-17-6-4-5-13(2)24-17/h3-10,15H,1,11-12H2,2H3,(H,25,26)(H,22,23,24,27). The lowest BCUT2D eigenvalue weighted by Gasteiger charge is -2.39. The molecule has 1 fully saturated rings. The van der Waals surface area contributed by atoms with E-state index in [2.05, 4.69) is 42.1 Å². The Hall–Kier alpha value is -3.88. The third-order valence-corrected chi connectivity index (χ3v) is 4.43. The minimum absolute atomic E-state index is 0.0606. The molecule has 9 heteroatoms. The van der Waals surface area contributed by atoms with Gasteiger partial charge in [-0.05, 0) is 25.1 Å². The fraction of sp³-hybridized carbons (Fsp3) is 0.200. The summed E-state index contributed by atoms with van der Waals surface area (Å²) in [4.78, 5) is 35.1. The van der Waals surface area contributed by atoms with Gasteiger partial charge in [-0.3, -0.25) is 9.78 Å². The molecule has 0 unspecified atom stereocenters. The zero-order chi connectivity index (χ0) is 20.2. The number of hydrogen-bond acceptors (Lipinski definition) is 8. The normalized spacial score (nSPS) is 13.5. The summed E-state index contributed by atoms with van der Waals surface area (Å²) in [5, 5.41) is 6.36. The van der Waals surface area contributed by atoms with Gasteiger partial charge in [0, 0.05) is 36.7 Å². The van der Waals surface area contributed by atoms with Crippen LogP contribution < -0.4 is 10.6 Å². The molecule has 0 spiro atoms. The van der Waals surface area contributed by atoms with Gasteiger partial charge in [0.05, 0.1) is 24.1 Å². The second-order valence-corrected chi connectivity index (χ2v) is 6.66. The van der Waals surface area contributed by atoms with Crippen molar-refractivity contribution in [1.29, 1.82) is 0 Å². The molecule has 1 aliphatic heterocycles. The van der Waals surface area contributed by atoms with Gasteiger partial charge >= 0.3 is 0 Å². The summed E-state index contributed by atoms with van der Waals surface area (Å²) >= 11 is 0. The predicted octanol–water partition coefficient (Wildman–Crippen LogP) is 2.19. The van der Waals surface area contributed by atoms with Crippen LogP contribution in [0.2, 0.25) is 0 Å². The van der Waals surface area contributed by atoms with E-state index in [-0.39, 0.29) is 11.9 Å². The van der Waals surface area contributed by atoms with E-state index < -0.39 is 0 Å². The Kier molecular flexibility index (Phi) is 5.10. The number of nitrogens with zero attached hydrogens (tertiary/aromatic N) is 6. The van der Waals surface area contributed by atoms with Crippen LogP contribution in [0.3, 0.4) is 0 Å². The minimum atomic E-state index is -0.0606. The van der Waals surface area contributed by atoms with E-state index in [1.807, 2.05) is 25.1 Å². The fourth-order valence-electron chi connectivity index (χ4n) is 2.91. The number of anilines is 3. The van der Waals surface area contributed by atoms with Gasteiger partial charge in [-0.25, -0.2) is 19.9 Å². The summed E-state index contributed by atoms with van der Waals surface area (Å²) in [5.41, 5.74) is 2.32. The first kappa shape index (κ1) is 18.5. The molecule has 0 bridgehead atoms. The first-order chi connectivity index (χ1) is 14.1. The zero-order valence-corrected chi connectivity index (χ0v) is 15.9. The van der Waals surface area contributed by atoms with Gasteiger partial charge in [0.2, 0.25) is 11.9 Å². The van der Waals surface area contributed by atoms with Gasteiger partial charge in [-0.1, -0.05) is 12.6 Å². The molecule has 1 amide bonds. The van der Waals surface area contributed by atoms with Crippen molar-refractivity contribution in [2.24, 2.45) is 0 Å². The van der Waals surface area contributed by atoms with Crippen LogP contribution in [0, 0.1) is 6.92 Å². The highest BCUT2D eigenvalue weighted by Crippen LogP contribution is 2.19. The van der Waals surface area contributed by atoms with Crippen molar-refractivity contribution in [3.05, 3.63) is 61.3 Å². The van der Waals surface area contributed by atoms with Crippen molar-refractivity contribution in [3.63, 3.8) is 0 Å². The summed E-state index contributed by atoms with van der Waals surface area (Å²) in [6.45, 7) is 6.66. The van der Waals surface area contributed by atoms with Crippen LogP contribution in [0.15, 0.2) is 55.6 Å². The maximum Gasteiger partial charge on any atom is 0.246 e. The molecule has 146 valence electrons. The number of pyridine rings is 1.